The second-order valence-corrected chi connectivity index (χ2v) is 7.14. The Morgan fingerprint density at radius 2 is 2.00 bits per heavy atom. The molecule has 5 nitrogen and oxygen atoms in total. The molecule has 1 fully saturated rings. The molecule has 2 aromatic rings. The summed E-state index contributed by atoms with van der Waals surface area (Å²) in [4.78, 5) is 29.6. The van der Waals surface area contributed by atoms with Gasteiger partial charge in [0.2, 0.25) is 0 Å². The van der Waals surface area contributed by atoms with E-state index >= 15 is 0 Å². The molecule has 4 rings (SSSR count). The Kier molecular flexibility index (Phi) is 4.56. The van der Waals surface area contributed by atoms with Crippen molar-refractivity contribution in [3.63, 3.8) is 0 Å². The molecular formula is C21H22FN3O2. The van der Waals surface area contributed by atoms with E-state index < -0.39 is 5.82 Å². The summed E-state index contributed by atoms with van der Waals surface area (Å²) in [6.45, 7) is 0.773. The normalized spacial score (nSPS) is 19.2. The van der Waals surface area contributed by atoms with Crippen molar-refractivity contribution < 1.29 is 14.0 Å². The van der Waals surface area contributed by atoms with Crippen LogP contribution in [0.5, 0.6) is 0 Å². The Bertz CT molecular complexity index is 899. The van der Waals surface area contributed by atoms with Crippen LogP contribution in [0.1, 0.15) is 46.4 Å². The quantitative estimate of drug-likeness (QED) is 0.877. The summed E-state index contributed by atoms with van der Waals surface area (Å²) in [5.41, 5.74) is 2.24. The first-order chi connectivity index (χ1) is 13.0. The molecule has 0 bridgehead atoms. The Balaban J connectivity index is 1.63. The topological polar surface area (TPSA) is 52.7 Å². The summed E-state index contributed by atoms with van der Waals surface area (Å²) in [5, 5.41) is 2.71. The van der Waals surface area contributed by atoms with Crippen molar-refractivity contribution in [1.82, 2.24) is 4.90 Å². The van der Waals surface area contributed by atoms with Crippen LogP contribution in [0.3, 0.4) is 0 Å². The third-order valence-electron chi connectivity index (χ3n) is 5.38. The second kappa shape index (κ2) is 7.02. The van der Waals surface area contributed by atoms with E-state index in [0.29, 0.717) is 16.8 Å². The molecule has 0 aromatic heterocycles. The first-order valence-electron chi connectivity index (χ1n) is 9.29. The van der Waals surface area contributed by atoms with Gasteiger partial charge >= 0.3 is 0 Å². The second-order valence-electron chi connectivity index (χ2n) is 7.14. The van der Waals surface area contributed by atoms with Crippen LogP contribution in [0, 0.1) is 5.82 Å². The van der Waals surface area contributed by atoms with E-state index in [1.165, 1.54) is 12.1 Å². The largest absolute Gasteiger partial charge is 0.354 e. The fourth-order valence-electron chi connectivity index (χ4n) is 3.96. The van der Waals surface area contributed by atoms with Crippen LogP contribution in [-0.4, -0.2) is 36.5 Å². The van der Waals surface area contributed by atoms with Crippen LogP contribution in [-0.2, 0) is 0 Å². The number of fused-ring (bicyclic) bond motifs is 2. The molecular weight excluding hydrogens is 345 g/mol. The van der Waals surface area contributed by atoms with Crippen LogP contribution in [0.4, 0.5) is 15.8 Å². The lowest BCUT2D eigenvalue weighted by Crippen LogP contribution is -2.53. The highest BCUT2D eigenvalue weighted by Gasteiger charge is 2.36. The minimum atomic E-state index is -0.406. The number of carbonyl (C=O) groups excluding carboxylic acids is 2. The summed E-state index contributed by atoms with van der Waals surface area (Å²) in [5.74, 6) is -0.698. The molecule has 1 saturated heterocycles. The number of nitrogens with zero attached hydrogens (tertiary/aromatic N) is 2. The lowest BCUT2D eigenvalue weighted by Gasteiger charge is -2.43. The fourth-order valence-corrected chi connectivity index (χ4v) is 3.96. The van der Waals surface area contributed by atoms with E-state index in [-0.39, 0.29) is 18.0 Å². The van der Waals surface area contributed by atoms with Gasteiger partial charge in [-0.3, -0.25) is 9.59 Å². The SMILES string of the molecule is CN1c2cc(C(=O)Nc3cccc(F)c3)ccc2C(=O)N2CCCCC[C@H]21. The number of anilines is 2. The fraction of sp³-hybridized carbons (Fsp3) is 0.333. The molecule has 0 radical (unpaired) electrons. The van der Waals surface area contributed by atoms with Crippen LogP contribution in [0.15, 0.2) is 42.5 Å². The molecule has 2 aliphatic rings. The molecule has 0 spiro atoms. The zero-order valence-electron chi connectivity index (χ0n) is 15.2. The van der Waals surface area contributed by atoms with E-state index in [4.69, 9.17) is 0 Å². The minimum absolute atomic E-state index is 0.0343. The molecule has 0 unspecified atom stereocenters. The van der Waals surface area contributed by atoms with E-state index in [2.05, 4.69) is 10.2 Å². The average molecular weight is 367 g/mol. The molecule has 6 heteroatoms. The number of amides is 2. The van der Waals surface area contributed by atoms with Crippen molar-refractivity contribution >= 4 is 23.2 Å². The highest BCUT2D eigenvalue weighted by atomic mass is 19.1. The van der Waals surface area contributed by atoms with Crippen molar-refractivity contribution in [2.45, 2.75) is 31.8 Å². The van der Waals surface area contributed by atoms with Gasteiger partial charge in [0, 0.05) is 24.8 Å². The van der Waals surface area contributed by atoms with Crippen LogP contribution in [0.25, 0.3) is 0 Å². The van der Waals surface area contributed by atoms with Gasteiger partial charge < -0.3 is 15.1 Å². The lowest BCUT2D eigenvalue weighted by molar-refractivity contribution is 0.0661. The van der Waals surface area contributed by atoms with Gasteiger partial charge in [-0.15, -0.1) is 0 Å². The predicted octanol–water partition coefficient (Wildman–Crippen LogP) is 3.87. The Morgan fingerprint density at radius 1 is 1.15 bits per heavy atom. The Morgan fingerprint density at radius 3 is 2.81 bits per heavy atom. The zero-order chi connectivity index (χ0) is 19.0. The molecule has 2 heterocycles. The molecule has 0 saturated carbocycles. The molecule has 2 amide bonds. The number of hydrogen-bond acceptors (Lipinski definition) is 3. The standard InChI is InChI=1S/C21H22FN3O2/c1-24-18-12-14(20(26)23-16-7-5-6-15(22)13-16)9-10-17(18)21(27)25-11-4-2-3-8-19(24)25/h5-7,9-10,12-13,19H,2-4,8,11H2,1H3,(H,23,26)/t19-/m0/s1. The summed E-state index contributed by atoms with van der Waals surface area (Å²) in [6.07, 6.45) is 4.22. The number of halogens is 1. The number of rotatable bonds is 2. The molecule has 27 heavy (non-hydrogen) atoms. The van der Waals surface area contributed by atoms with E-state index in [9.17, 15) is 14.0 Å². The van der Waals surface area contributed by atoms with Gasteiger partial charge in [-0.1, -0.05) is 12.5 Å². The van der Waals surface area contributed by atoms with Crippen molar-refractivity contribution in [2.75, 3.05) is 23.8 Å². The monoisotopic (exact) mass is 367 g/mol. The zero-order valence-corrected chi connectivity index (χ0v) is 15.2. The van der Waals surface area contributed by atoms with Gasteiger partial charge in [0.05, 0.1) is 11.3 Å². The minimum Gasteiger partial charge on any atom is -0.354 e. The highest BCUT2D eigenvalue weighted by molar-refractivity contribution is 6.08. The third-order valence-corrected chi connectivity index (χ3v) is 5.38. The number of hydrogen-bond donors (Lipinski definition) is 1. The molecule has 1 atom stereocenters. The van der Waals surface area contributed by atoms with E-state index in [1.807, 2.05) is 11.9 Å². The number of benzene rings is 2. The summed E-state index contributed by atoms with van der Waals surface area (Å²) >= 11 is 0. The maximum absolute atomic E-state index is 13.3. The van der Waals surface area contributed by atoms with E-state index in [1.54, 1.807) is 30.3 Å². The van der Waals surface area contributed by atoms with Crippen LogP contribution >= 0.6 is 0 Å². The third kappa shape index (κ3) is 3.27. The van der Waals surface area contributed by atoms with Gasteiger partial charge in [-0.25, -0.2) is 4.39 Å². The Hall–Kier alpha value is -2.89. The maximum atomic E-state index is 13.3. The van der Waals surface area contributed by atoms with Crippen LogP contribution < -0.4 is 10.2 Å². The first-order valence-corrected chi connectivity index (χ1v) is 9.29. The van der Waals surface area contributed by atoms with Crippen molar-refractivity contribution in [3.8, 4) is 0 Å². The van der Waals surface area contributed by atoms with Gasteiger partial charge in [0.1, 0.15) is 12.0 Å². The van der Waals surface area contributed by atoms with E-state index in [0.717, 1.165) is 37.9 Å². The van der Waals surface area contributed by atoms with Crippen molar-refractivity contribution in [2.24, 2.45) is 0 Å². The van der Waals surface area contributed by atoms with Gasteiger partial charge in [-0.05, 0) is 55.7 Å². The van der Waals surface area contributed by atoms with Crippen molar-refractivity contribution in [3.05, 3.63) is 59.4 Å². The summed E-state index contributed by atoms with van der Waals surface area (Å²) in [7, 11) is 1.97. The molecule has 1 N–H and O–H groups in total. The number of carbonyl (C=O) groups is 2. The lowest BCUT2D eigenvalue weighted by atomic mass is 10.0. The average Bonchev–Trinajstić information content (AvgIpc) is 2.92. The predicted molar refractivity (Wildman–Crippen MR) is 102 cm³/mol. The van der Waals surface area contributed by atoms with Crippen LogP contribution in [0.2, 0.25) is 0 Å². The number of nitrogens with one attached hydrogen (secondary N) is 1. The Labute approximate surface area is 157 Å². The summed E-state index contributed by atoms with van der Waals surface area (Å²) in [6, 6.07) is 10.9. The molecule has 140 valence electrons. The summed E-state index contributed by atoms with van der Waals surface area (Å²) < 4.78 is 13.3. The van der Waals surface area contributed by atoms with Gasteiger partial charge in [0.15, 0.2) is 0 Å². The first kappa shape index (κ1) is 17.5. The van der Waals surface area contributed by atoms with Crippen molar-refractivity contribution in [1.29, 1.82) is 0 Å². The molecule has 2 aromatic carbocycles. The van der Waals surface area contributed by atoms with Gasteiger partial charge in [-0.2, -0.15) is 0 Å². The molecule has 2 aliphatic heterocycles. The maximum Gasteiger partial charge on any atom is 0.257 e. The highest BCUT2D eigenvalue weighted by Crippen LogP contribution is 2.34. The smallest absolute Gasteiger partial charge is 0.257 e. The molecule has 0 aliphatic carbocycles. The van der Waals surface area contributed by atoms with Gasteiger partial charge in [0.25, 0.3) is 11.8 Å².